The molecule has 0 bridgehead atoms. The third-order valence-electron chi connectivity index (χ3n) is 3.89. The summed E-state index contributed by atoms with van der Waals surface area (Å²) < 4.78 is 0. The van der Waals surface area contributed by atoms with Crippen LogP contribution in [0, 0.1) is 6.92 Å². The number of carbonyl (C=O) groups is 1. The van der Waals surface area contributed by atoms with E-state index in [0.717, 1.165) is 27.8 Å². The molecule has 0 saturated heterocycles. The summed E-state index contributed by atoms with van der Waals surface area (Å²) in [5.74, 6) is -0.150. The monoisotopic (exact) mass is 308 g/mol. The van der Waals surface area contributed by atoms with Crippen LogP contribution in [-0.4, -0.2) is 15.9 Å². The lowest BCUT2D eigenvalue weighted by molar-refractivity contribution is 0.102. The van der Waals surface area contributed by atoms with E-state index in [1.165, 1.54) is 0 Å². The molecule has 5 heteroatoms. The fraction of sp³-hybridized carbons (Fsp3) is 0.222. The zero-order chi connectivity index (χ0) is 16.6. The number of H-pyrrole nitrogens is 1. The van der Waals surface area contributed by atoms with E-state index in [2.05, 4.69) is 15.3 Å². The van der Waals surface area contributed by atoms with Gasteiger partial charge in [-0.3, -0.25) is 4.79 Å². The normalized spacial score (nSPS) is 11.7. The number of nitrogens with zero attached hydrogens (tertiary/aromatic N) is 1. The van der Waals surface area contributed by atoms with Gasteiger partial charge in [0.1, 0.15) is 5.65 Å². The topological polar surface area (TPSA) is 83.8 Å². The van der Waals surface area contributed by atoms with Gasteiger partial charge in [-0.15, -0.1) is 0 Å². The number of aromatic amines is 1. The largest absolute Gasteiger partial charge is 0.346 e. The lowest BCUT2D eigenvalue weighted by Gasteiger charge is -2.22. The molecule has 0 unspecified atom stereocenters. The van der Waals surface area contributed by atoms with Crippen LogP contribution in [0.25, 0.3) is 11.0 Å². The predicted octanol–water partition coefficient (Wildman–Crippen LogP) is 3.32. The van der Waals surface area contributed by atoms with Crippen molar-refractivity contribution >= 4 is 22.6 Å². The molecule has 5 nitrogen and oxygen atoms in total. The van der Waals surface area contributed by atoms with Gasteiger partial charge in [-0.2, -0.15) is 0 Å². The molecular weight excluding hydrogens is 288 g/mol. The van der Waals surface area contributed by atoms with Gasteiger partial charge in [-0.25, -0.2) is 4.98 Å². The molecule has 23 heavy (non-hydrogen) atoms. The third-order valence-corrected chi connectivity index (χ3v) is 3.89. The molecule has 0 aliphatic carbocycles. The summed E-state index contributed by atoms with van der Waals surface area (Å²) in [4.78, 5) is 19.8. The second kappa shape index (κ2) is 5.52. The van der Waals surface area contributed by atoms with Gasteiger partial charge in [-0.1, -0.05) is 6.07 Å². The highest BCUT2D eigenvalue weighted by Gasteiger charge is 2.18. The van der Waals surface area contributed by atoms with Crippen molar-refractivity contribution in [1.29, 1.82) is 0 Å². The number of aryl methyl sites for hydroxylation is 1. The molecule has 0 spiro atoms. The SMILES string of the molecule is Cc1cc(C(=O)Nc2ccnc3[nH]ccc23)ccc1C(C)(C)N. The van der Waals surface area contributed by atoms with E-state index in [1.54, 1.807) is 18.5 Å². The van der Waals surface area contributed by atoms with E-state index in [4.69, 9.17) is 5.73 Å². The Hall–Kier alpha value is -2.66. The Balaban J connectivity index is 1.89. The van der Waals surface area contributed by atoms with Gasteiger partial charge >= 0.3 is 0 Å². The molecule has 4 N–H and O–H groups in total. The number of benzene rings is 1. The van der Waals surface area contributed by atoms with Crippen molar-refractivity contribution in [2.24, 2.45) is 5.73 Å². The van der Waals surface area contributed by atoms with Gasteiger partial charge in [-0.05, 0) is 56.2 Å². The maximum absolute atomic E-state index is 12.5. The number of carbonyl (C=O) groups excluding carboxylic acids is 1. The maximum Gasteiger partial charge on any atom is 0.255 e. The van der Waals surface area contributed by atoms with Crippen molar-refractivity contribution in [1.82, 2.24) is 9.97 Å². The van der Waals surface area contributed by atoms with Crippen LogP contribution in [0.4, 0.5) is 5.69 Å². The number of amides is 1. The van der Waals surface area contributed by atoms with Crippen LogP contribution in [0.1, 0.15) is 35.3 Å². The first-order valence-corrected chi connectivity index (χ1v) is 7.50. The molecule has 0 fully saturated rings. The average molecular weight is 308 g/mol. The molecule has 3 aromatic rings. The van der Waals surface area contributed by atoms with E-state index in [0.29, 0.717) is 5.56 Å². The minimum Gasteiger partial charge on any atom is -0.346 e. The number of anilines is 1. The van der Waals surface area contributed by atoms with E-state index in [1.807, 2.05) is 45.0 Å². The number of nitrogens with two attached hydrogens (primary N) is 1. The standard InChI is InChI=1S/C18H20N4O/c1-11-10-12(4-5-14(11)18(2,3)19)17(23)22-15-7-9-21-16-13(15)6-8-20-16/h4-10H,19H2,1-3H3,(H2,20,21,22,23). The summed E-state index contributed by atoms with van der Waals surface area (Å²) >= 11 is 0. The van der Waals surface area contributed by atoms with Crippen LogP contribution in [0.2, 0.25) is 0 Å². The molecule has 2 heterocycles. The van der Waals surface area contributed by atoms with E-state index in [9.17, 15) is 4.79 Å². The van der Waals surface area contributed by atoms with E-state index < -0.39 is 5.54 Å². The summed E-state index contributed by atoms with van der Waals surface area (Å²) in [6.45, 7) is 5.88. The molecule has 0 atom stereocenters. The first-order chi connectivity index (χ1) is 10.9. The third kappa shape index (κ3) is 2.96. The van der Waals surface area contributed by atoms with Gasteiger partial charge in [0.15, 0.2) is 0 Å². The summed E-state index contributed by atoms with van der Waals surface area (Å²) in [6, 6.07) is 9.28. The van der Waals surface area contributed by atoms with Crippen LogP contribution < -0.4 is 11.1 Å². The highest BCUT2D eigenvalue weighted by molar-refractivity contribution is 6.08. The minimum absolute atomic E-state index is 0.150. The van der Waals surface area contributed by atoms with Crippen LogP contribution in [0.5, 0.6) is 0 Å². The number of aromatic nitrogens is 2. The molecule has 0 saturated carbocycles. The molecule has 118 valence electrons. The summed E-state index contributed by atoms with van der Waals surface area (Å²) in [5.41, 5.74) is 9.85. The molecule has 3 rings (SSSR count). The first-order valence-electron chi connectivity index (χ1n) is 7.50. The van der Waals surface area contributed by atoms with Gasteiger partial charge in [0.2, 0.25) is 0 Å². The molecule has 0 aliphatic heterocycles. The zero-order valence-corrected chi connectivity index (χ0v) is 13.5. The first kappa shape index (κ1) is 15.2. The second-order valence-electron chi connectivity index (χ2n) is 6.30. The number of rotatable bonds is 3. The summed E-state index contributed by atoms with van der Waals surface area (Å²) in [7, 11) is 0. The lowest BCUT2D eigenvalue weighted by atomic mass is 9.90. The van der Waals surface area contributed by atoms with Crippen LogP contribution in [0.3, 0.4) is 0 Å². The Morgan fingerprint density at radius 3 is 2.74 bits per heavy atom. The summed E-state index contributed by atoms with van der Waals surface area (Å²) in [5, 5.41) is 3.83. The minimum atomic E-state index is -0.429. The van der Waals surface area contributed by atoms with Gasteiger partial charge in [0, 0.05) is 28.9 Å². The Kier molecular flexibility index (Phi) is 3.66. The van der Waals surface area contributed by atoms with Crippen molar-refractivity contribution in [3.8, 4) is 0 Å². The summed E-state index contributed by atoms with van der Waals surface area (Å²) in [6.07, 6.45) is 3.47. The maximum atomic E-state index is 12.5. The fourth-order valence-electron chi connectivity index (χ4n) is 2.79. The van der Waals surface area contributed by atoms with Crippen molar-refractivity contribution < 1.29 is 4.79 Å². The molecule has 0 radical (unpaired) electrons. The van der Waals surface area contributed by atoms with Gasteiger partial charge in [0.05, 0.1) is 5.69 Å². The van der Waals surface area contributed by atoms with Gasteiger partial charge in [0.25, 0.3) is 5.91 Å². The lowest BCUT2D eigenvalue weighted by Crippen LogP contribution is -2.29. The highest BCUT2D eigenvalue weighted by Crippen LogP contribution is 2.24. The van der Waals surface area contributed by atoms with Crippen LogP contribution in [0.15, 0.2) is 42.7 Å². The van der Waals surface area contributed by atoms with Crippen molar-refractivity contribution in [2.45, 2.75) is 26.3 Å². The predicted molar refractivity (Wildman–Crippen MR) is 92.4 cm³/mol. The molecular formula is C18H20N4O. The highest BCUT2D eigenvalue weighted by atomic mass is 16.1. The number of hydrogen-bond acceptors (Lipinski definition) is 3. The van der Waals surface area contributed by atoms with E-state index in [-0.39, 0.29) is 5.91 Å². The second-order valence-corrected chi connectivity index (χ2v) is 6.30. The van der Waals surface area contributed by atoms with Crippen LogP contribution >= 0.6 is 0 Å². The van der Waals surface area contributed by atoms with Crippen LogP contribution in [-0.2, 0) is 5.54 Å². The van der Waals surface area contributed by atoms with Gasteiger partial charge < -0.3 is 16.0 Å². The quantitative estimate of drug-likeness (QED) is 0.694. The van der Waals surface area contributed by atoms with E-state index >= 15 is 0 Å². The number of pyridine rings is 1. The molecule has 1 aromatic carbocycles. The Labute approximate surface area is 134 Å². The zero-order valence-electron chi connectivity index (χ0n) is 13.5. The molecule has 0 aliphatic rings. The Bertz CT molecular complexity index is 874. The van der Waals surface area contributed by atoms with Crippen molar-refractivity contribution in [3.05, 3.63) is 59.4 Å². The Morgan fingerprint density at radius 2 is 2.04 bits per heavy atom. The number of fused-ring (bicyclic) bond motifs is 1. The number of nitrogens with one attached hydrogen (secondary N) is 2. The van der Waals surface area contributed by atoms with Crippen molar-refractivity contribution in [2.75, 3.05) is 5.32 Å². The Morgan fingerprint density at radius 1 is 1.26 bits per heavy atom. The van der Waals surface area contributed by atoms with Crippen molar-refractivity contribution in [3.63, 3.8) is 0 Å². The number of hydrogen-bond donors (Lipinski definition) is 3. The molecule has 1 amide bonds. The smallest absolute Gasteiger partial charge is 0.255 e. The average Bonchev–Trinajstić information content (AvgIpc) is 2.95. The molecule has 2 aromatic heterocycles. The fourth-order valence-corrected chi connectivity index (χ4v) is 2.79.